The van der Waals surface area contributed by atoms with Crippen LogP contribution in [-0.4, -0.2) is 44.6 Å². The number of ether oxygens (including phenoxy) is 1. The molecular formula is C10H13F2N3O3S2. The van der Waals surface area contributed by atoms with Gasteiger partial charge in [0, 0.05) is 12.7 Å². The molecule has 0 bridgehead atoms. The van der Waals surface area contributed by atoms with Gasteiger partial charge in [-0.2, -0.15) is 0 Å². The van der Waals surface area contributed by atoms with Crippen molar-refractivity contribution >= 4 is 27.2 Å². The zero-order valence-corrected chi connectivity index (χ0v) is 11.9. The summed E-state index contributed by atoms with van der Waals surface area (Å²) < 4.78 is 54.3. The summed E-state index contributed by atoms with van der Waals surface area (Å²) in [5.74, 6) is 0. The molecule has 1 aromatic rings. The summed E-state index contributed by atoms with van der Waals surface area (Å²) in [4.78, 5) is 3.48. The third-order valence-electron chi connectivity index (χ3n) is 2.08. The van der Waals surface area contributed by atoms with E-state index in [1.165, 1.54) is 18.3 Å². The number of nitrogens with two attached hydrogens (primary N) is 1. The first kappa shape index (κ1) is 16.8. The molecule has 0 aliphatic rings. The van der Waals surface area contributed by atoms with Crippen molar-refractivity contribution in [3.8, 4) is 0 Å². The van der Waals surface area contributed by atoms with Crippen LogP contribution in [-0.2, 0) is 14.8 Å². The lowest BCUT2D eigenvalue weighted by atomic mass is 10.3. The predicted molar refractivity (Wildman–Crippen MR) is 72.1 cm³/mol. The van der Waals surface area contributed by atoms with E-state index in [1.807, 2.05) is 0 Å². The number of thiocarbonyl (C=S) groups is 1. The molecule has 1 rings (SSSR count). The highest BCUT2D eigenvalue weighted by atomic mass is 32.2. The van der Waals surface area contributed by atoms with Crippen molar-refractivity contribution in [3.63, 3.8) is 0 Å². The van der Waals surface area contributed by atoms with Gasteiger partial charge < -0.3 is 10.5 Å². The second-order valence-corrected chi connectivity index (χ2v) is 5.75. The number of nitrogens with one attached hydrogen (secondary N) is 1. The number of alkyl halides is 2. The fourth-order valence-electron chi connectivity index (χ4n) is 1.29. The lowest BCUT2D eigenvalue weighted by Crippen LogP contribution is -2.30. The van der Waals surface area contributed by atoms with Crippen LogP contribution in [0.3, 0.4) is 0 Å². The summed E-state index contributed by atoms with van der Waals surface area (Å²) in [6, 6.07) is 2.72. The van der Waals surface area contributed by atoms with Gasteiger partial charge in [-0.1, -0.05) is 12.2 Å². The van der Waals surface area contributed by atoms with Crippen LogP contribution in [0.4, 0.5) is 8.78 Å². The van der Waals surface area contributed by atoms with Gasteiger partial charge in [0.05, 0.1) is 6.61 Å². The molecular weight excluding hydrogens is 312 g/mol. The van der Waals surface area contributed by atoms with Crippen molar-refractivity contribution in [2.75, 3.05) is 19.8 Å². The van der Waals surface area contributed by atoms with Crippen molar-refractivity contribution in [3.05, 3.63) is 24.0 Å². The first-order valence-corrected chi connectivity index (χ1v) is 7.34. The molecule has 0 spiro atoms. The van der Waals surface area contributed by atoms with Crippen LogP contribution in [0.15, 0.2) is 23.2 Å². The van der Waals surface area contributed by atoms with Crippen LogP contribution in [0.25, 0.3) is 0 Å². The Labute approximate surface area is 120 Å². The molecule has 10 heteroatoms. The predicted octanol–water partition coefficient (Wildman–Crippen LogP) is 0.276. The van der Waals surface area contributed by atoms with Gasteiger partial charge in [0.1, 0.15) is 22.2 Å². The molecule has 0 fully saturated rings. The third-order valence-corrected chi connectivity index (χ3v) is 3.76. The summed E-state index contributed by atoms with van der Waals surface area (Å²) in [5.41, 5.74) is 5.37. The average Bonchev–Trinajstić information content (AvgIpc) is 2.37. The fourth-order valence-corrected chi connectivity index (χ4v) is 2.70. The van der Waals surface area contributed by atoms with Crippen molar-refractivity contribution in [2.45, 2.75) is 11.3 Å². The Kier molecular flexibility index (Phi) is 6.33. The van der Waals surface area contributed by atoms with Crippen molar-refractivity contribution in [2.24, 2.45) is 5.73 Å². The van der Waals surface area contributed by atoms with E-state index in [4.69, 9.17) is 18.0 Å². The topological polar surface area (TPSA) is 94.3 Å². The number of pyridine rings is 1. The SMILES string of the molecule is NC(=S)c1ncccc1S(=O)(=O)NCCOCC(F)F. The van der Waals surface area contributed by atoms with E-state index in [1.54, 1.807) is 0 Å². The van der Waals surface area contributed by atoms with Gasteiger partial charge in [0.25, 0.3) is 6.43 Å². The number of halogens is 2. The van der Waals surface area contributed by atoms with E-state index in [0.29, 0.717) is 0 Å². The number of hydrogen-bond acceptors (Lipinski definition) is 5. The van der Waals surface area contributed by atoms with Gasteiger partial charge in [-0.25, -0.2) is 21.9 Å². The summed E-state index contributed by atoms with van der Waals surface area (Å²) >= 11 is 4.72. The van der Waals surface area contributed by atoms with Crippen LogP contribution in [0.2, 0.25) is 0 Å². The van der Waals surface area contributed by atoms with Crippen molar-refractivity contribution < 1.29 is 21.9 Å². The van der Waals surface area contributed by atoms with Gasteiger partial charge in [-0.05, 0) is 12.1 Å². The minimum Gasteiger partial charge on any atom is -0.388 e. The van der Waals surface area contributed by atoms with Crippen LogP contribution < -0.4 is 10.5 Å². The smallest absolute Gasteiger partial charge is 0.261 e. The van der Waals surface area contributed by atoms with Crippen LogP contribution in [0, 0.1) is 0 Å². The number of sulfonamides is 1. The fraction of sp³-hybridized carbons (Fsp3) is 0.400. The largest absolute Gasteiger partial charge is 0.388 e. The molecule has 0 atom stereocenters. The second kappa shape index (κ2) is 7.53. The Balaban J connectivity index is 2.68. The van der Waals surface area contributed by atoms with E-state index in [0.717, 1.165) is 0 Å². The Morgan fingerprint density at radius 2 is 2.25 bits per heavy atom. The molecule has 0 aliphatic carbocycles. The number of rotatable bonds is 8. The normalized spacial score (nSPS) is 11.8. The Morgan fingerprint density at radius 1 is 1.55 bits per heavy atom. The number of nitrogens with zero attached hydrogens (tertiary/aromatic N) is 1. The summed E-state index contributed by atoms with van der Waals surface area (Å²) in [6.45, 7) is -1.07. The Hall–Kier alpha value is -1.23. The molecule has 0 aromatic carbocycles. The molecule has 0 amide bonds. The second-order valence-electron chi connectivity index (χ2n) is 3.58. The lowest BCUT2D eigenvalue weighted by Gasteiger charge is -2.10. The Morgan fingerprint density at radius 3 is 2.85 bits per heavy atom. The molecule has 0 aliphatic heterocycles. The minimum atomic E-state index is -3.88. The molecule has 3 N–H and O–H groups in total. The summed E-state index contributed by atoms with van der Waals surface area (Å²) in [7, 11) is -3.88. The van der Waals surface area contributed by atoms with Crippen LogP contribution in [0.5, 0.6) is 0 Å². The molecule has 0 saturated heterocycles. The zero-order chi connectivity index (χ0) is 15.2. The average molecular weight is 325 g/mol. The van der Waals surface area contributed by atoms with Gasteiger partial charge in [0.2, 0.25) is 10.0 Å². The highest BCUT2D eigenvalue weighted by molar-refractivity contribution is 7.89. The van der Waals surface area contributed by atoms with E-state index in [9.17, 15) is 17.2 Å². The Bertz CT molecular complexity index is 567. The first-order valence-electron chi connectivity index (χ1n) is 5.45. The molecule has 1 heterocycles. The monoisotopic (exact) mass is 325 g/mol. The highest BCUT2D eigenvalue weighted by Crippen LogP contribution is 2.12. The lowest BCUT2D eigenvalue weighted by molar-refractivity contribution is 0.0199. The van der Waals surface area contributed by atoms with E-state index in [-0.39, 0.29) is 28.7 Å². The van der Waals surface area contributed by atoms with Gasteiger partial charge >= 0.3 is 0 Å². The maximum Gasteiger partial charge on any atom is 0.261 e. The molecule has 112 valence electrons. The standard InChI is InChI=1S/C10H13F2N3O3S2/c11-8(12)6-18-5-4-15-20(16,17)7-2-1-3-14-9(7)10(13)19/h1-3,8,15H,4-6H2,(H2,13,19). The maximum absolute atomic E-state index is 12.0. The van der Waals surface area contributed by atoms with Crippen molar-refractivity contribution in [1.82, 2.24) is 9.71 Å². The highest BCUT2D eigenvalue weighted by Gasteiger charge is 2.20. The molecule has 0 unspecified atom stereocenters. The quantitative estimate of drug-likeness (QED) is 0.526. The number of hydrogen-bond donors (Lipinski definition) is 2. The zero-order valence-electron chi connectivity index (χ0n) is 10.3. The molecule has 1 aromatic heterocycles. The van der Waals surface area contributed by atoms with Gasteiger partial charge in [-0.3, -0.25) is 4.98 Å². The maximum atomic E-state index is 12.0. The van der Waals surface area contributed by atoms with Crippen molar-refractivity contribution in [1.29, 1.82) is 0 Å². The number of aromatic nitrogens is 1. The molecule has 20 heavy (non-hydrogen) atoms. The summed E-state index contributed by atoms with van der Waals surface area (Å²) in [5, 5.41) is 0. The van der Waals surface area contributed by atoms with E-state index in [2.05, 4.69) is 14.4 Å². The summed E-state index contributed by atoms with van der Waals surface area (Å²) in [6.07, 6.45) is -1.23. The van der Waals surface area contributed by atoms with Gasteiger partial charge in [0.15, 0.2) is 0 Å². The first-order chi connectivity index (χ1) is 9.34. The van der Waals surface area contributed by atoms with Crippen LogP contribution in [0.1, 0.15) is 5.69 Å². The van der Waals surface area contributed by atoms with Gasteiger partial charge in [-0.15, -0.1) is 0 Å². The van der Waals surface area contributed by atoms with E-state index >= 15 is 0 Å². The molecule has 6 nitrogen and oxygen atoms in total. The molecule has 0 radical (unpaired) electrons. The molecule has 0 saturated carbocycles. The van der Waals surface area contributed by atoms with Crippen LogP contribution >= 0.6 is 12.2 Å². The van der Waals surface area contributed by atoms with E-state index < -0.39 is 23.1 Å². The third kappa shape index (κ3) is 5.04. The minimum absolute atomic E-state index is 0.0245.